The zero-order valence-electron chi connectivity index (χ0n) is 11.7. The lowest BCUT2D eigenvalue weighted by molar-refractivity contribution is -0.0151. The molecular weight excluding hydrogens is 238 g/mol. The van der Waals surface area contributed by atoms with Crippen LogP contribution in [0.2, 0.25) is 0 Å². The Morgan fingerprint density at radius 3 is 2.06 bits per heavy atom. The van der Waals surface area contributed by atoms with Gasteiger partial charge < -0.3 is 5.32 Å². The molecule has 2 heteroatoms. The maximum absolute atomic E-state index is 4.04. The predicted octanol–water partition coefficient (Wildman–Crippen LogP) is 3.69. The Morgan fingerprint density at radius 1 is 1.00 bits per heavy atom. The van der Waals surface area contributed by atoms with Gasteiger partial charge in [-0.2, -0.15) is 11.8 Å². The van der Waals surface area contributed by atoms with Crippen molar-refractivity contribution in [1.29, 1.82) is 0 Å². The first kappa shape index (κ1) is 12.1. The van der Waals surface area contributed by atoms with Crippen molar-refractivity contribution in [1.82, 2.24) is 5.32 Å². The Hall–Kier alpha value is 0.310. The Morgan fingerprint density at radius 2 is 1.61 bits per heavy atom. The second-order valence-electron chi connectivity index (χ2n) is 7.58. The highest BCUT2D eigenvalue weighted by atomic mass is 32.2. The van der Waals surface area contributed by atoms with E-state index >= 15 is 0 Å². The average Bonchev–Trinajstić information content (AvgIpc) is 2.30. The van der Waals surface area contributed by atoms with Gasteiger partial charge in [0.2, 0.25) is 0 Å². The fourth-order valence-electron chi connectivity index (χ4n) is 5.59. The number of nitrogens with one attached hydrogen (secondary N) is 1. The van der Waals surface area contributed by atoms with E-state index in [2.05, 4.69) is 23.3 Å². The van der Waals surface area contributed by atoms with E-state index in [9.17, 15) is 0 Å². The smallest absolute Gasteiger partial charge is 0.0281 e. The van der Waals surface area contributed by atoms with Gasteiger partial charge in [-0.1, -0.05) is 6.42 Å². The van der Waals surface area contributed by atoms with Gasteiger partial charge >= 0.3 is 0 Å². The van der Waals surface area contributed by atoms with Gasteiger partial charge in [-0.15, -0.1) is 0 Å². The first-order valence-electron chi connectivity index (χ1n) is 8.06. The zero-order valence-corrected chi connectivity index (χ0v) is 12.5. The molecule has 5 rings (SSSR count). The van der Waals surface area contributed by atoms with E-state index in [0.29, 0.717) is 4.75 Å². The second-order valence-corrected chi connectivity index (χ2v) is 8.85. The van der Waals surface area contributed by atoms with Crippen LogP contribution in [0, 0.1) is 23.7 Å². The molecule has 0 unspecified atom stereocenters. The van der Waals surface area contributed by atoms with Gasteiger partial charge in [0, 0.05) is 17.3 Å². The molecule has 0 aromatic rings. The Kier molecular flexibility index (Phi) is 2.96. The van der Waals surface area contributed by atoms with Gasteiger partial charge in [0.25, 0.3) is 0 Å². The quantitative estimate of drug-likeness (QED) is 0.832. The van der Waals surface area contributed by atoms with E-state index in [1.165, 1.54) is 25.8 Å². The van der Waals surface area contributed by atoms with Gasteiger partial charge in [0.15, 0.2) is 0 Å². The number of rotatable bonds is 4. The molecule has 0 saturated heterocycles. The minimum Gasteiger partial charge on any atom is -0.312 e. The highest BCUT2D eigenvalue weighted by molar-refractivity contribution is 8.00. The van der Waals surface area contributed by atoms with Gasteiger partial charge in [0.1, 0.15) is 0 Å². The van der Waals surface area contributed by atoms with Crippen LogP contribution >= 0.6 is 11.8 Å². The van der Waals surface area contributed by atoms with Crippen LogP contribution in [0.1, 0.15) is 51.4 Å². The molecule has 1 nitrogen and oxygen atoms in total. The van der Waals surface area contributed by atoms with Crippen molar-refractivity contribution in [2.24, 2.45) is 23.7 Å². The van der Waals surface area contributed by atoms with Crippen LogP contribution in [0.15, 0.2) is 0 Å². The van der Waals surface area contributed by atoms with Gasteiger partial charge in [-0.3, -0.25) is 0 Å². The summed E-state index contributed by atoms with van der Waals surface area (Å²) in [6.07, 6.45) is 14.5. The van der Waals surface area contributed by atoms with Gasteiger partial charge in [0.05, 0.1) is 0 Å². The summed E-state index contributed by atoms with van der Waals surface area (Å²) in [6, 6.07) is 0.891. The summed E-state index contributed by atoms with van der Waals surface area (Å²) in [5, 5.41) is 4.04. The van der Waals surface area contributed by atoms with Crippen LogP contribution in [0.4, 0.5) is 0 Å². The van der Waals surface area contributed by atoms with Gasteiger partial charge in [-0.05, 0) is 74.9 Å². The summed E-state index contributed by atoms with van der Waals surface area (Å²) < 4.78 is 0.620. The summed E-state index contributed by atoms with van der Waals surface area (Å²) in [7, 11) is 0. The van der Waals surface area contributed by atoms with Crippen molar-refractivity contribution in [2.75, 3.05) is 12.8 Å². The Balaban J connectivity index is 1.40. The second kappa shape index (κ2) is 4.41. The lowest BCUT2D eigenvalue weighted by atomic mass is 9.54. The summed E-state index contributed by atoms with van der Waals surface area (Å²) in [5.41, 5.74) is 0. The van der Waals surface area contributed by atoms with Crippen LogP contribution in [0.5, 0.6) is 0 Å². The maximum atomic E-state index is 4.04. The molecular formula is C16H27NS. The molecule has 102 valence electrons. The number of thioether (sulfide) groups is 1. The summed E-state index contributed by atoms with van der Waals surface area (Å²) in [6.45, 7) is 1.29. The highest BCUT2D eigenvalue weighted by Crippen LogP contribution is 2.54. The molecule has 5 fully saturated rings. The third kappa shape index (κ3) is 1.86. The molecule has 0 heterocycles. The van der Waals surface area contributed by atoms with Crippen molar-refractivity contribution in [3.05, 3.63) is 0 Å². The molecule has 0 aromatic carbocycles. The molecule has 0 aliphatic heterocycles. The minimum atomic E-state index is 0.620. The lowest BCUT2D eigenvalue weighted by Crippen LogP contribution is -2.57. The molecule has 0 amide bonds. The summed E-state index contributed by atoms with van der Waals surface area (Å²) >= 11 is 2.12. The SMILES string of the molecule is CSC1(CNC2C3CC4CC(C3)CC2C4)CCC1. The molecule has 4 bridgehead atoms. The maximum Gasteiger partial charge on any atom is 0.0281 e. The average molecular weight is 265 g/mol. The van der Waals surface area contributed by atoms with E-state index in [-0.39, 0.29) is 0 Å². The van der Waals surface area contributed by atoms with Crippen molar-refractivity contribution < 1.29 is 0 Å². The van der Waals surface area contributed by atoms with E-state index < -0.39 is 0 Å². The van der Waals surface area contributed by atoms with Crippen LogP contribution in [0.25, 0.3) is 0 Å². The largest absolute Gasteiger partial charge is 0.312 e. The third-order valence-electron chi connectivity index (χ3n) is 6.58. The summed E-state index contributed by atoms with van der Waals surface area (Å²) in [5.74, 6) is 4.31. The predicted molar refractivity (Wildman–Crippen MR) is 78.9 cm³/mol. The fourth-order valence-corrected chi connectivity index (χ4v) is 6.51. The first-order valence-corrected chi connectivity index (χ1v) is 9.29. The molecule has 5 aliphatic rings. The molecule has 1 N–H and O–H groups in total. The van der Waals surface area contributed by atoms with Crippen LogP contribution < -0.4 is 5.32 Å². The molecule has 0 spiro atoms. The molecule has 5 aliphatic carbocycles. The van der Waals surface area contributed by atoms with Crippen LogP contribution in [-0.4, -0.2) is 23.6 Å². The Labute approximate surface area is 116 Å². The number of hydrogen-bond acceptors (Lipinski definition) is 2. The van der Waals surface area contributed by atoms with Crippen molar-refractivity contribution in [3.8, 4) is 0 Å². The zero-order chi connectivity index (χ0) is 12.2. The monoisotopic (exact) mass is 265 g/mol. The minimum absolute atomic E-state index is 0.620. The molecule has 5 saturated carbocycles. The van der Waals surface area contributed by atoms with Gasteiger partial charge in [-0.25, -0.2) is 0 Å². The molecule has 0 atom stereocenters. The summed E-state index contributed by atoms with van der Waals surface area (Å²) in [4.78, 5) is 0. The van der Waals surface area contributed by atoms with E-state index in [1.54, 1.807) is 32.1 Å². The first-order chi connectivity index (χ1) is 8.78. The number of hydrogen-bond donors (Lipinski definition) is 1. The van der Waals surface area contributed by atoms with Crippen molar-refractivity contribution in [2.45, 2.75) is 62.2 Å². The lowest BCUT2D eigenvalue weighted by Gasteiger charge is -2.55. The normalized spacial score (nSPS) is 48.2. The topological polar surface area (TPSA) is 12.0 Å². The van der Waals surface area contributed by atoms with E-state index in [4.69, 9.17) is 0 Å². The highest BCUT2D eigenvalue weighted by Gasteiger charge is 2.48. The molecule has 18 heavy (non-hydrogen) atoms. The van der Waals surface area contributed by atoms with Crippen molar-refractivity contribution >= 4 is 11.8 Å². The van der Waals surface area contributed by atoms with Crippen LogP contribution in [-0.2, 0) is 0 Å². The molecule has 0 aromatic heterocycles. The van der Waals surface area contributed by atoms with Crippen LogP contribution in [0.3, 0.4) is 0 Å². The third-order valence-corrected chi connectivity index (χ3v) is 8.00. The standard InChI is InChI=1S/C16H27NS/c1-18-16(3-2-4-16)10-17-15-13-6-11-5-12(8-13)9-14(15)7-11/h11-15,17H,2-10H2,1H3. The molecule has 0 radical (unpaired) electrons. The van der Waals surface area contributed by atoms with E-state index in [0.717, 1.165) is 29.7 Å². The van der Waals surface area contributed by atoms with E-state index in [1.807, 2.05) is 0 Å². The Bertz CT molecular complexity index is 290. The van der Waals surface area contributed by atoms with Crippen molar-refractivity contribution in [3.63, 3.8) is 0 Å². The fraction of sp³-hybridized carbons (Fsp3) is 1.00.